The van der Waals surface area contributed by atoms with Crippen molar-refractivity contribution in [3.8, 4) is 0 Å². The van der Waals surface area contributed by atoms with Crippen LogP contribution in [0.4, 0.5) is 5.69 Å². The molecule has 7 nitrogen and oxygen atoms in total. The number of carbonyl (C=O) groups excluding carboxylic acids is 2. The lowest BCUT2D eigenvalue weighted by Gasteiger charge is -2.22. The van der Waals surface area contributed by atoms with Crippen molar-refractivity contribution >= 4 is 23.5 Å². The van der Waals surface area contributed by atoms with E-state index in [1.165, 1.54) is 0 Å². The molecule has 1 aromatic rings. The van der Waals surface area contributed by atoms with E-state index in [9.17, 15) is 19.5 Å². The van der Waals surface area contributed by atoms with E-state index in [0.717, 1.165) is 29.7 Å². The van der Waals surface area contributed by atoms with Crippen LogP contribution in [-0.2, 0) is 14.4 Å². The lowest BCUT2D eigenvalue weighted by atomic mass is 10.0. The highest BCUT2D eigenvalue weighted by molar-refractivity contribution is 5.93. The molecule has 1 aliphatic rings. The molecule has 2 amide bonds. The molecule has 3 N–H and O–H groups in total. The van der Waals surface area contributed by atoms with Gasteiger partial charge in [-0.1, -0.05) is 26.0 Å². The molecule has 0 spiro atoms. The summed E-state index contributed by atoms with van der Waals surface area (Å²) >= 11 is 0. The monoisotopic (exact) mass is 403 g/mol. The van der Waals surface area contributed by atoms with E-state index in [-0.39, 0.29) is 30.7 Å². The van der Waals surface area contributed by atoms with Crippen LogP contribution in [0.1, 0.15) is 50.7 Å². The highest BCUT2D eigenvalue weighted by Crippen LogP contribution is 2.27. The fourth-order valence-electron chi connectivity index (χ4n) is 3.28. The van der Waals surface area contributed by atoms with Crippen molar-refractivity contribution in [3.05, 3.63) is 29.3 Å². The third-order valence-electron chi connectivity index (χ3n) is 5.04. The molecule has 0 bridgehead atoms. The number of benzene rings is 1. The van der Waals surface area contributed by atoms with Gasteiger partial charge < -0.3 is 15.7 Å². The Labute approximate surface area is 172 Å². The van der Waals surface area contributed by atoms with Gasteiger partial charge in [0.2, 0.25) is 11.8 Å². The van der Waals surface area contributed by atoms with Gasteiger partial charge in [0.25, 0.3) is 0 Å². The predicted octanol–water partition coefficient (Wildman–Crippen LogP) is 2.71. The van der Waals surface area contributed by atoms with E-state index >= 15 is 0 Å². The Morgan fingerprint density at radius 3 is 2.45 bits per heavy atom. The first-order chi connectivity index (χ1) is 13.7. The Morgan fingerprint density at radius 1 is 1.17 bits per heavy atom. The summed E-state index contributed by atoms with van der Waals surface area (Å²) in [6, 6.07) is 5.37. The molecule has 29 heavy (non-hydrogen) atoms. The van der Waals surface area contributed by atoms with Gasteiger partial charge in [-0.05, 0) is 56.2 Å². The first-order valence-electron chi connectivity index (χ1n) is 10.3. The van der Waals surface area contributed by atoms with Crippen LogP contribution in [0.3, 0.4) is 0 Å². The molecule has 1 aromatic carbocycles. The average molecular weight is 404 g/mol. The Kier molecular flexibility index (Phi) is 8.20. The zero-order valence-electron chi connectivity index (χ0n) is 17.8. The number of anilines is 1. The Hall–Kier alpha value is -2.41. The van der Waals surface area contributed by atoms with Crippen LogP contribution in [-0.4, -0.2) is 53.0 Å². The first kappa shape index (κ1) is 22.9. The summed E-state index contributed by atoms with van der Waals surface area (Å²) in [7, 11) is 0. The molecule has 0 saturated heterocycles. The molecule has 160 valence electrons. The second-order valence-corrected chi connectivity index (χ2v) is 8.41. The van der Waals surface area contributed by atoms with Crippen LogP contribution in [0.2, 0.25) is 0 Å². The van der Waals surface area contributed by atoms with Crippen LogP contribution in [0.5, 0.6) is 0 Å². The molecule has 7 heteroatoms. The third-order valence-corrected chi connectivity index (χ3v) is 5.04. The fraction of sp³-hybridized carbons (Fsp3) is 0.591. The number of carboxylic acids is 1. The molecule has 0 aromatic heterocycles. The molecule has 1 fully saturated rings. The number of rotatable bonds is 11. The molecule has 1 aliphatic carbocycles. The Balaban J connectivity index is 1.86. The van der Waals surface area contributed by atoms with E-state index < -0.39 is 12.0 Å². The van der Waals surface area contributed by atoms with Crippen molar-refractivity contribution in [2.75, 3.05) is 18.4 Å². The van der Waals surface area contributed by atoms with Gasteiger partial charge in [-0.25, -0.2) is 4.79 Å². The lowest BCUT2D eigenvalue weighted by molar-refractivity contribution is -0.142. The predicted molar refractivity (Wildman–Crippen MR) is 113 cm³/mol. The number of aryl methyl sites for hydroxylation is 2. The van der Waals surface area contributed by atoms with Crippen molar-refractivity contribution in [3.63, 3.8) is 0 Å². The molecular weight excluding hydrogens is 370 g/mol. The van der Waals surface area contributed by atoms with Crippen LogP contribution in [0.25, 0.3) is 0 Å². The summed E-state index contributed by atoms with van der Waals surface area (Å²) in [5, 5.41) is 14.8. The van der Waals surface area contributed by atoms with Crippen LogP contribution in [0, 0.1) is 19.8 Å². The number of carboxylic acid groups (broad SMARTS) is 1. The average Bonchev–Trinajstić information content (AvgIpc) is 3.45. The lowest BCUT2D eigenvalue weighted by Crippen LogP contribution is -2.43. The van der Waals surface area contributed by atoms with Crippen molar-refractivity contribution in [1.29, 1.82) is 0 Å². The fourth-order valence-corrected chi connectivity index (χ4v) is 3.28. The Morgan fingerprint density at radius 2 is 1.86 bits per heavy atom. The van der Waals surface area contributed by atoms with Gasteiger partial charge >= 0.3 is 5.97 Å². The second-order valence-electron chi connectivity index (χ2n) is 8.41. The minimum absolute atomic E-state index is 0.103. The topological polar surface area (TPSA) is 98.7 Å². The minimum atomic E-state index is -1.01. The molecule has 1 unspecified atom stereocenters. The summed E-state index contributed by atoms with van der Waals surface area (Å²) in [4.78, 5) is 38.1. The van der Waals surface area contributed by atoms with Crippen LogP contribution < -0.4 is 10.6 Å². The van der Waals surface area contributed by atoms with Gasteiger partial charge in [-0.3, -0.25) is 14.5 Å². The molecule has 1 saturated carbocycles. The van der Waals surface area contributed by atoms with Gasteiger partial charge in [0.15, 0.2) is 0 Å². The number of amides is 2. The number of hydrogen-bond acceptors (Lipinski definition) is 4. The van der Waals surface area contributed by atoms with E-state index in [0.29, 0.717) is 19.0 Å². The maximum absolute atomic E-state index is 12.5. The van der Waals surface area contributed by atoms with Crippen molar-refractivity contribution in [2.24, 2.45) is 5.92 Å². The van der Waals surface area contributed by atoms with E-state index in [4.69, 9.17) is 0 Å². The summed E-state index contributed by atoms with van der Waals surface area (Å²) in [6.07, 6.45) is 2.60. The van der Waals surface area contributed by atoms with Crippen molar-refractivity contribution in [2.45, 2.75) is 65.5 Å². The summed E-state index contributed by atoms with van der Waals surface area (Å²) < 4.78 is 0. The number of nitrogens with one attached hydrogen (secondary N) is 2. The first-order valence-corrected chi connectivity index (χ1v) is 10.3. The quantitative estimate of drug-likeness (QED) is 0.528. The van der Waals surface area contributed by atoms with Gasteiger partial charge in [0.1, 0.15) is 6.04 Å². The van der Waals surface area contributed by atoms with Crippen LogP contribution >= 0.6 is 0 Å². The summed E-state index contributed by atoms with van der Waals surface area (Å²) in [5.41, 5.74) is 2.89. The second kappa shape index (κ2) is 10.4. The molecule has 1 atom stereocenters. The molecule has 2 rings (SSSR count). The highest BCUT2D eigenvalue weighted by atomic mass is 16.4. The number of carbonyl (C=O) groups is 3. The minimum Gasteiger partial charge on any atom is -0.480 e. The molecule has 0 radical (unpaired) electrons. The van der Waals surface area contributed by atoms with Gasteiger partial charge in [0, 0.05) is 24.7 Å². The summed E-state index contributed by atoms with van der Waals surface area (Å²) in [6.45, 7) is 8.43. The van der Waals surface area contributed by atoms with Crippen molar-refractivity contribution in [1.82, 2.24) is 10.2 Å². The number of aliphatic carboxylic acids is 1. The summed E-state index contributed by atoms with van der Waals surface area (Å²) in [5.74, 6) is -1.24. The normalized spacial score (nSPS) is 14.7. The van der Waals surface area contributed by atoms with Gasteiger partial charge in [-0.2, -0.15) is 0 Å². The van der Waals surface area contributed by atoms with E-state index in [1.807, 2.05) is 50.8 Å². The molecule has 0 heterocycles. The molecular formula is C22H33N3O4. The number of hydrogen-bond donors (Lipinski definition) is 3. The third kappa shape index (κ3) is 7.85. The van der Waals surface area contributed by atoms with Crippen LogP contribution in [0.15, 0.2) is 18.2 Å². The van der Waals surface area contributed by atoms with Gasteiger partial charge in [-0.15, -0.1) is 0 Å². The standard InChI is InChI=1S/C22H33N3O4/c1-14(2)11-19(22(28)29)24-20(26)9-10-25(17-7-8-17)13-21(27)23-18-12-15(3)5-6-16(18)4/h5-6,12,14,17,19H,7-11,13H2,1-4H3,(H,23,27)(H,24,26)(H,28,29). The number of nitrogens with zero attached hydrogens (tertiary/aromatic N) is 1. The zero-order valence-corrected chi connectivity index (χ0v) is 17.8. The highest BCUT2D eigenvalue weighted by Gasteiger charge is 2.31. The van der Waals surface area contributed by atoms with Crippen molar-refractivity contribution < 1.29 is 19.5 Å². The maximum atomic E-state index is 12.5. The van der Waals surface area contributed by atoms with E-state index in [2.05, 4.69) is 10.6 Å². The largest absolute Gasteiger partial charge is 0.480 e. The SMILES string of the molecule is Cc1ccc(C)c(NC(=O)CN(CCC(=O)NC(CC(C)C)C(=O)O)C2CC2)c1. The molecule has 0 aliphatic heterocycles. The zero-order chi connectivity index (χ0) is 21.6. The smallest absolute Gasteiger partial charge is 0.326 e. The Bertz CT molecular complexity index is 744. The maximum Gasteiger partial charge on any atom is 0.326 e. The van der Waals surface area contributed by atoms with Gasteiger partial charge in [0.05, 0.1) is 6.54 Å². The van der Waals surface area contributed by atoms with E-state index in [1.54, 1.807) is 0 Å².